The van der Waals surface area contributed by atoms with Gasteiger partial charge in [0.1, 0.15) is 18.2 Å². The van der Waals surface area contributed by atoms with Gasteiger partial charge in [-0.1, -0.05) is 30.3 Å². The molecule has 0 saturated carbocycles. The Morgan fingerprint density at radius 2 is 1.84 bits per heavy atom. The van der Waals surface area contributed by atoms with Crippen LogP contribution in [0.5, 0.6) is 5.75 Å². The minimum atomic E-state index is -0.125. The van der Waals surface area contributed by atoms with Gasteiger partial charge in [0.05, 0.1) is 23.3 Å². The van der Waals surface area contributed by atoms with E-state index in [1.807, 2.05) is 48.5 Å². The summed E-state index contributed by atoms with van der Waals surface area (Å²) in [6, 6.07) is 19.8. The fraction of sp³-hybridized carbons (Fsp3) is 0.280. The molecule has 0 saturated heterocycles. The molecule has 0 spiro atoms. The summed E-state index contributed by atoms with van der Waals surface area (Å²) in [5.41, 5.74) is 3.80. The van der Waals surface area contributed by atoms with E-state index in [0.29, 0.717) is 18.4 Å². The fourth-order valence-electron chi connectivity index (χ4n) is 4.12. The minimum Gasteiger partial charge on any atom is -0.489 e. The van der Waals surface area contributed by atoms with E-state index < -0.39 is 0 Å². The molecule has 3 heterocycles. The zero-order chi connectivity index (χ0) is 21.4. The van der Waals surface area contributed by atoms with Crippen molar-refractivity contribution in [2.75, 3.05) is 6.54 Å². The average molecular weight is 451 g/mol. The van der Waals surface area contributed by atoms with Crippen LogP contribution in [0.2, 0.25) is 0 Å². The predicted molar refractivity (Wildman–Crippen MR) is 129 cm³/mol. The molecule has 6 nitrogen and oxygen atoms in total. The molecule has 2 aromatic heterocycles. The second-order valence-corrected chi connectivity index (χ2v) is 8.26. The highest BCUT2D eigenvalue weighted by Gasteiger charge is 2.21. The molecule has 4 aromatic rings. The van der Waals surface area contributed by atoms with Gasteiger partial charge in [0.2, 0.25) is 0 Å². The standard InChI is InChI=1S/C25H26N4O2.ClH/c1-18(2)27-12-13-29-23-9-8-20(14-22(23)26-24(29)16-27)28-11-10-21(15-25(28)30)31-17-19-6-4-3-5-7-19;/h3-11,14-15,18H,12-13,16-17H2,1-2H3;1H. The Morgan fingerprint density at radius 3 is 2.59 bits per heavy atom. The predicted octanol–water partition coefficient (Wildman–Crippen LogP) is 4.41. The lowest BCUT2D eigenvalue weighted by atomic mass is 10.2. The number of benzene rings is 2. The van der Waals surface area contributed by atoms with Crippen LogP contribution in [0.25, 0.3) is 16.7 Å². The first-order valence-electron chi connectivity index (χ1n) is 10.7. The molecule has 0 bridgehead atoms. The summed E-state index contributed by atoms with van der Waals surface area (Å²) in [7, 11) is 0. The second kappa shape index (κ2) is 9.18. The van der Waals surface area contributed by atoms with E-state index in [9.17, 15) is 4.79 Å². The maximum atomic E-state index is 12.8. The maximum absolute atomic E-state index is 12.8. The van der Waals surface area contributed by atoms with Crippen LogP contribution in [0.4, 0.5) is 0 Å². The van der Waals surface area contributed by atoms with E-state index in [1.165, 1.54) is 6.07 Å². The fourth-order valence-corrected chi connectivity index (χ4v) is 4.12. The Balaban J connectivity index is 0.00000245. The van der Waals surface area contributed by atoms with Crippen LogP contribution in [0.3, 0.4) is 0 Å². The van der Waals surface area contributed by atoms with Gasteiger partial charge in [-0.2, -0.15) is 0 Å². The third-order valence-corrected chi connectivity index (χ3v) is 5.91. The number of rotatable bonds is 5. The first kappa shape index (κ1) is 22.1. The zero-order valence-corrected chi connectivity index (χ0v) is 19.1. The lowest BCUT2D eigenvalue weighted by Gasteiger charge is -2.30. The van der Waals surface area contributed by atoms with Crippen molar-refractivity contribution in [2.45, 2.75) is 39.6 Å². The van der Waals surface area contributed by atoms with Crippen molar-refractivity contribution >= 4 is 23.4 Å². The van der Waals surface area contributed by atoms with Crippen LogP contribution < -0.4 is 10.3 Å². The van der Waals surface area contributed by atoms with Crippen LogP contribution in [-0.2, 0) is 19.7 Å². The molecule has 0 fully saturated rings. The van der Waals surface area contributed by atoms with Gasteiger partial charge in [-0.15, -0.1) is 12.4 Å². The van der Waals surface area contributed by atoms with Crippen molar-refractivity contribution in [3.8, 4) is 11.4 Å². The lowest BCUT2D eigenvalue weighted by Crippen LogP contribution is -2.38. The SMILES string of the molecule is CC(C)N1CCn2c(nc3cc(-n4ccc(OCc5ccccc5)cc4=O)ccc32)C1.Cl. The molecule has 32 heavy (non-hydrogen) atoms. The average Bonchev–Trinajstić information content (AvgIpc) is 3.15. The second-order valence-electron chi connectivity index (χ2n) is 8.26. The Bertz CT molecular complexity index is 1280. The van der Waals surface area contributed by atoms with Gasteiger partial charge in [-0.3, -0.25) is 14.3 Å². The molecule has 0 unspecified atom stereocenters. The number of hydrogen-bond acceptors (Lipinski definition) is 4. The van der Waals surface area contributed by atoms with Crippen LogP contribution in [0.1, 0.15) is 25.2 Å². The van der Waals surface area contributed by atoms with E-state index >= 15 is 0 Å². The van der Waals surface area contributed by atoms with E-state index in [-0.39, 0.29) is 18.0 Å². The third-order valence-electron chi connectivity index (χ3n) is 5.91. The first-order valence-corrected chi connectivity index (χ1v) is 10.7. The summed E-state index contributed by atoms with van der Waals surface area (Å²) < 4.78 is 9.71. The van der Waals surface area contributed by atoms with E-state index in [1.54, 1.807) is 10.8 Å². The summed E-state index contributed by atoms with van der Waals surface area (Å²) in [5, 5.41) is 0. The molecule has 1 aliphatic rings. The maximum Gasteiger partial charge on any atom is 0.258 e. The monoisotopic (exact) mass is 450 g/mol. The molecule has 0 radical (unpaired) electrons. The Kier molecular flexibility index (Phi) is 6.35. The van der Waals surface area contributed by atoms with Crippen LogP contribution in [0, 0.1) is 0 Å². The zero-order valence-electron chi connectivity index (χ0n) is 18.3. The summed E-state index contributed by atoms with van der Waals surface area (Å²) in [6.07, 6.45) is 1.76. The van der Waals surface area contributed by atoms with Crippen molar-refractivity contribution in [1.82, 2.24) is 19.0 Å². The highest BCUT2D eigenvalue weighted by molar-refractivity contribution is 5.85. The number of halogens is 1. The van der Waals surface area contributed by atoms with Crippen LogP contribution in [-0.4, -0.2) is 31.6 Å². The summed E-state index contributed by atoms with van der Waals surface area (Å²) in [5.74, 6) is 1.65. The smallest absolute Gasteiger partial charge is 0.258 e. The lowest BCUT2D eigenvalue weighted by molar-refractivity contribution is 0.175. The number of nitrogens with zero attached hydrogens (tertiary/aromatic N) is 4. The Hall–Kier alpha value is -3.09. The molecular weight excluding hydrogens is 424 g/mol. The van der Waals surface area contributed by atoms with Gasteiger partial charge >= 0.3 is 0 Å². The van der Waals surface area contributed by atoms with Gasteiger partial charge < -0.3 is 9.30 Å². The summed E-state index contributed by atoms with van der Waals surface area (Å²) in [4.78, 5) is 20.0. The highest BCUT2D eigenvalue weighted by Crippen LogP contribution is 2.24. The van der Waals surface area contributed by atoms with Crippen molar-refractivity contribution in [3.05, 3.63) is 88.6 Å². The van der Waals surface area contributed by atoms with Crippen molar-refractivity contribution in [1.29, 1.82) is 0 Å². The minimum absolute atomic E-state index is 0. The molecule has 1 aliphatic heterocycles. The molecule has 0 N–H and O–H groups in total. The summed E-state index contributed by atoms with van der Waals surface area (Å²) in [6.45, 7) is 7.70. The van der Waals surface area contributed by atoms with E-state index in [0.717, 1.165) is 47.7 Å². The van der Waals surface area contributed by atoms with Gasteiger partial charge in [-0.25, -0.2) is 4.98 Å². The topological polar surface area (TPSA) is 52.3 Å². The number of ether oxygens (including phenoxy) is 1. The van der Waals surface area contributed by atoms with Crippen molar-refractivity contribution in [2.24, 2.45) is 0 Å². The van der Waals surface area contributed by atoms with Gasteiger partial charge in [0, 0.05) is 31.4 Å². The molecular formula is C25H27ClN4O2. The quantitative estimate of drug-likeness (QED) is 0.452. The number of imidazole rings is 1. The van der Waals surface area contributed by atoms with Gasteiger partial charge in [0.25, 0.3) is 5.56 Å². The molecule has 2 aromatic carbocycles. The molecule has 7 heteroatoms. The molecule has 166 valence electrons. The normalized spacial score (nSPS) is 13.7. The van der Waals surface area contributed by atoms with Crippen LogP contribution in [0.15, 0.2) is 71.7 Å². The highest BCUT2D eigenvalue weighted by atomic mass is 35.5. The molecule has 5 rings (SSSR count). The van der Waals surface area contributed by atoms with Gasteiger partial charge in [0.15, 0.2) is 0 Å². The number of fused-ring (bicyclic) bond motifs is 3. The van der Waals surface area contributed by atoms with E-state index in [4.69, 9.17) is 9.72 Å². The molecule has 0 amide bonds. The number of hydrogen-bond donors (Lipinski definition) is 0. The van der Waals surface area contributed by atoms with Crippen LogP contribution >= 0.6 is 12.4 Å². The third kappa shape index (κ3) is 4.29. The van der Waals surface area contributed by atoms with Gasteiger partial charge in [-0.05, 0) is 43.7 Å². The van der Waals surface area contributed by atoms with Crippen molar-refractivity contribution < 1.29 is 4.74 Å². The van der Waals surface area contributed by atoms with Crippen molar-refractivity contribution in [3.63, 3.8) is 0 Å². The number of pyridine rings is 1. The summed E-state index contributed by atoms with van der Waals surface area (Å²) >= 11 is 0. The molecule has 0 atom stereocenters. The Labute approximate surface area is 193 Å². The van der Waals surface area contributed by atoms with E-state index in [2.05, 4.69) is 29.4 Å². The molecule has 0 aliphatic carbocycles. The number of aromatic nitrogens is 3. The Morgan fingerprint density at radius 1 is 1.03 bits per heavy atom. The first-order chi connectivity index (χ1) is 15.1. The largest absolute Gasteiger partial charge is 0.489 e.